The number of methoxy groups -OCH3 is 1. The molecule has 3 rings (SSSR count). The van der Waals surface area contributed by atoms with Crippen LogP contribution in [0.1, 0.15) is 21.5 Å². The Morgan fingerprint density at radius 2 is 1.78 bits per heavy atom. The van der Waals surface area contributed by atoms with Crippen molar-refractivity contribution in [2.45, 2.75) is 28.7 Å². The standard InChI is InChI=1S/C23H25N3O4S2/c1-16-4-10-21(14-17(16)2)32(28,29)26-19-6-8-20(9-7-19)31-22-11-5-18(15-25-22)23(27)24-12-13-30-3/h4-11,14-15,26H,12-13H2,1-3H3,(H,24,27). The fourth-order valence-electron chi connectivity index (χ4n) is 2.75. The van der Waals surface area contributed by atoms with Gasteiger partial charge in [0.2, 0.25) is 0 Å². The SMILES string of the molecule is COCCNC(=O)c1ccc(Sc2ccc(NS(=O)(=O)c3ccc(C)c(C)c3)cc2)nc1. The van der Waals surface area contributed by atoms with E-state index in [1.807, 2.05) is 26.0 Å². The third-order valence-corrected chi connectivity index (χ3v) is 7.05. The predicted molar refractivity (Wildman–Crippen MR) is 126 cm³/mol. The Bertz CT molecular complexity index is 1180. The molecule has 2 N–H and O–H groups in total. The van der Waals surface area contributed by atoms with E-state index in [2.05, 4.69) is 15.0 Å². The predicted octanol–water partition coefficient (Wildman–Crippen LogP) is 4.03. The average Bonchev–Trinajstić information content (AvgIpc) is 2.77. The van der Waals surface area contributed by atoms with Gasteiger partial charge in [-0.15, -0.1) is 0 Å². The van der Waals surface area contributed by atoms with Gasteiger partial charge in [-0.1, -0.05) is 17.8 Å². The van der Waals surface area contributed by atoms with Gasteiger partial charge in [-0.05, 0) is 73.5 Å². The van der Waals surface area contributed by atoms with Gasteiger partial charge in [0.1, 0.15) is 5.03 Å². The summed E-state index contributed by atoms with van der Waals surface area (Å²) < 4.78 is 32.8. The number of benzene rings is 2. The lowest BCUT2D eigenvalue weighted by Gasteiger charge is -2.10. The number of nitrogens with one attached hydrogen (secondary N) is 2. The molecule has 3 aromatic rings. The van der Waals surface area contributed by atoms with Crippen LogP contribution in [0.15, 0.2) is 75.6 Å². The van der Waals surface area contributed by atoms with E-state index >= 15 is 0 Å². The first-order valence-electron chi connectivity index (χ1n) is 9.89. The van der Waals surface area contributed by atoms with E-state index in [1.165, 1.54) is 18.0 Å². The summed E-state index contributed by atoms with van der Waals surface area (Å²) in [5.74, 6) is -0.202. The van der Waals surface area contributed by atoms with E-state index in [-0.39, 0.29) is 10.8 Å². The molecule has 0 aliphatic rings. The van der Waals surface area contributed by atoms with Crippen molar-refractivity contribution in [3.8, 4) is 0 Å². The fraction of sp³-hybridized carbons (Fsp3) is 0.217. The van der Waals surface area contributed by atoms with Gasteiger partial charge < -0.3 is 10.1 Å². The summed E-state index contributed by atoms with van der Waals surface area (Å²) in [6.45, 7) is 4.71. The highest BCUT2D eigenvalue weighted by Gasteiger charge is 2.15. The summed E-state index contributed by atoms with van der Waals surface area (Å²) in [5.41, 5.74) is 2.91. The minimum Gasteiger partial charge on any atom is -0.383 e. The van der Waals surface area contributed by atoms with Crippen LogP contribution in [0.25, 0.3) is 0 Å². The minimum atomic E-state index is -3.66. The topological polar surface area (TPSA) is 97.4 Å². The number of nitrogens with zero attached hydrogens (tertiary/aromatic N) is 1. The third-order valence-electron chi connectivity index (χ3n) is 4.71. The van der Waals surface area contributed by atoms with Crippen molar-refractivity contribution in [1.29, 1.82) is 0 Å². The number of hydrogen-bond donors (Lipinski definition) is 2. The lowest BCUT2D eigenvalue weighted by atomic mass is 10.1. The molecule has 9 heteroatoms. The number of anilines is 1. The molecule has 0 radical (unpaired) electrons. The molecule has 1 aromatic heterocycles. The number of amides is 1. The summed E-state index contributed by atoms with van der Waals surface area (Å²) in [6.07, 6.45) is 1.52. The number of rotatable bonds is 9. The summed E-state index contributed by atoms with van der Waals surface area (Å²) in [7, 11) is -2.09. The lowest BCUT2D eigenvalue weighted by Crippen LogP contribution is -2.26. The zero-order chi connectivity index (χ0) is 23.1. The Hall–Kier alpha value is -2.88. The number of pyridine rings is 1. The van der Waals surface area contributed by atoms with Gasteiger partial charge in [0.15, 0.2) is 0 Å². The molecule has 1 amide bonds. The number of aryl methyl sites for hydroxylation is 2. The van der Waals surface area contributed by atoms with Gasteiger partial charge in [-0.2, -0.15) is 0 Å². The van der Waals surface area contributed by atoms with Crippen LogP contribution >= 0.6 is 11.8 Å². The van der Waals surface area contributed by atoms with Gasteiger partial charge in [0.05, 0.1) is 17.1 Å². The molecule has 1 heterocycles. The molecule has 2 aromatic carbocycles. The largest absolute Gasteiger partial charge is 0.383 e. The highest BCUT2D eigenvalue weighted by molar-refractivity contribution is 7.99. The second-order valence-corrected chi connectivity index (χ2v) is 9.89. The molecule has 0 aliphatic carbocycles. The monoisotopic (exact) mass is 471 g/mol. The van der Waals surface area contributed by atoms with Crippen LogP contribution in [0.3, 0.4) is 0 Å². The summed E-state index contributed by atoms with van der Waals surface area (Å²) in [5, 5.41) is 3.47. The smallest absolute Gasteiger partial charge is 0.261 e. The summed E-state index contributed by atoms with van der Waals surface area (Å²) >= 11 is 1.42. The molecule has 0 spiro atoms. The molecule has 0 bridgehead atoms. The van der Waals surface area contributed by atoms with Crippen LogP contribution in [0.4, 0.5) is 5.69 Å². The van der Waals surface area contributed by atoms with Gasteiger partial charge in [-0.25, -0.2) is 13.4 Å². The van der Waals surface area contributed by atoms with E-state index < -0.39 is 10.0 Å². The molecule has 0 fully saturated rings. The van der Waals surface area contributed by atoms with E-state index in [0.29, 0.717) is 24.4 Å². The molecule has 32 heavy (non-hydrogen) atoms. The van der Waals surface area contributed by atoms with E-state index in [9.17, 15) is 13.2 Å². The number of carbonyl (C=O) groups excluding carboxylic acids is 1. The Morgan fingerprint density at radius 3 is 2.41 bits per heavy atom. The van der Waals surface area contributed by atoms with Crippen LogP contribution < -0.4 is 10.0 Å². The van der Waals surface area contributed by atoms with Crippen molar-refractivity contribution in [2.24, 2.45) is 0 Å². The third kappa shape index (κ3) is 6.32. The molecule has 168 valence electrons. The van der Waals surface area contributed by atoms with Crippen molar-refractivity contribution in [3.63, 3.8) is 0 Å². The van der Waals surface area contributed by atoms with Crippen molar-refractivity contribution < 1.29 is 17.9 Å². The molecule has 7 nitrogen and oxygen atoms in total. The Labute approximate surface area is 192 Å². The molecule has 0 unspecified atom stereocenters. The maximum absolute atomic E-state index is 12.6. The highest BCUT2D eigenvalue weighted by atomic mass is 32.2. The molecule has 0 saturated heterocycles. The van der Waals surface area contributed by atoms with Crippen LogP contribution in [0, 0.1) is 13.8 Å². The quantitative estimate of drug-likeness (QED) is 0.458. The zero-order valence-electron chi connectivity index (χ0n) is 18.1. The first-order chi connectivity index (χ1) is 15.3. The number of hydrogen-bond acceptors (Lipinski definition) is 6. The summed E-state index contributed by atoms with van der Waals surface area (Å²) in [4.78, 5) is 17.5. The van der Waals surface area contributed by atoms with Crippen molar-refractivity contribution in [1.82, 2.24) is 10.3 Å². The molecular formula is C23H25N3O4S2. The number of carbonyl (C=O) groups is 1. The molecular weight excluding hydrogens is 446 g/mol. The van der Waals surface area contributed by atoms with Crippen molar-refractivity contribution >= 4 is 33.4 Å². The molecule has 0 aliphatic heterocycles. The lowest BCUT2D eigenvalue weighted by molar-refractivity contribution is 0.0936. The van der Waals surface area contributed by atoms with Gasteiger partial charge in [-0.3, -0.25) is 9.52 Å². The first-order valence-corrected chi connectivity index (χ1v) is 12.2. The first kappa shape index (κ1) is 23.8. The fourth-order valence-corrected chi connectivity index (χ4v) is 4.65. The van der Waals surface area contributed by atoms with Crippen molar-refractivity contribution in [3.05, 3.63) is 77.5 Å². The van der Waals surface area contributed by atoms with E-state index in [0.717, 1.165) is 21.0 Å². The Balaban J connectivity index is 1.62. The van der Waals surface area contributed by atoms with E-state index in [1.54, 1.807) is 49.6 Å². The number of sulfonamides is 1. The summed E-state index contributed by atoms with van der Waals surface area (Å²) in [6, 6.07) is 15.6. The second kappa shape index (κ2) is 10.6. The van der Waals surface area contributed by atoms with Crippen LogP contribution in [-0.4, -0.2) is 39.6 Å². The number of ether oxygens (including phenoxy) is 1. The van der Waals surface area contributed by atoms with Gasteiger partial charge >= 0.3 is 0 Å². The van der Waals surface area contributed by atoms with Crippen LogP contribution in [0.5, 0.6) is 0 Å². The highest BCUT2D eigenvalue weighted by Crippen LogP contribution is 2.28. The normalized spacial score (nSPS) is 11.2. The van der Waals surface area contributed by atoms with Crippen molar-refractivity contribution in [2.75, 3.05) is 25.0 Å². The van der Waals surface area contributed by atoms with Crippen LogP contribution in [0.2, 0.25) is 0 Å². The maximum atomic E-state index is 12.6. The second-order valence-electron chi connectivity index (χ2n) is 7.11. The zero-order valence-corrected chi connectivity index (χ0v) is 19.7. The van der Waals surface area contributed by atoms with Gasteiger partial charge in [0, 0.05) is 30.4 Å². The minimum absolute atomic E-state index is 0.202. The Morgan fingerprint density at radius 1 is 1.03 bits per heavy atom. The average molecular weight is 472 g/mol. The van der Waals surface area contributed by atoms with E-state index in [4.69, 9.17) is 4.74 Å². The maximum Gasteiger partial charge on any atom is 0.261 e. The van der Waals surface area contributed by atoms with Crippen LogP contribution in [-0.2, 0) is 14.8 Å². The Kier molecular flexibility index (Phi) is 7.89. The molecule has 0 atom stereocenters. The van der Waals surface area contributed by atoms with Gasteiger partial charge in [0.25, 0.3) is 15.9 Å². The number of aromatic nitrogens is 1. The molecule has 0 saturated carbocycles.